The number of benzene rings is 2. The number of nitrogen functional groups attached to an aromatic ring is 2. The summed E-state index contributed by atoms with van der Waals surface area (Å²) in [5.74, 6) is 0. The summed E-state index contributed by atoms with van der Waals surface area (Å²) in [5.41, 5.74) is 15.0. The topological polar surface area (TPSA) is 52.0 Å². The van der Waals surface area contributed by atoms with Gasteiger partial charge < -0.3 is 11.5 Å². The highest BCUT2D eigenvalue weighted by Crippen LogP contribution is 2.28. The van der Waals surface area contributed by atoms with Crippen LogP contribution >= 0.6 is 22.6 Å². The minimum absolute atomic E-state index is 0.629. The number of rotatable bonds is 1. The number of anilines is 2. The largest absolute Gasteiger partial charge is 0.397 e. The molecule has 15 heavy (non-hydrogen) atoms. The quantitative estimate of drug-likeness (QED) is 0.628. The third kappa shape index (κ3) is 2.07. The van der Waals surface area contributed by atoms with Crippen LogP contribution in [0.4, 0.5) is 11.4 Å². The molecule has 0 aliphatic rings. The Labute approximate surface area is 102 Å². The van der Waals surface area contributed by atoms with Crippen molar-refractivity contribution >= 4 is 34.0 Å². The van der Waals surface area contributed by atoms with Gasteiger partial charge in [0.15, 0.2) is 0 Å². The highest BCUT2D eigenvalue weighted by atomic mass is 127. The van der Waals surface area contributed by atoms with E-state index in [1.807, 2.05) is 30.3 Å². The molecule has 2 aromatic carbocycles. The lowest BCUT2D eigenvalue weighted by Gasteiger charge is -2.06. The number of nitrogens with two attached hydrogens (primary N) is 2. The average molecular weight is 310 g/mol. The first kappa shape index (κ1) is 10.3. The van der Waals surface area contributed by atoms with Crippen LogP contribution in [0.2, 0.25) is 0 Å². The Morgan fingerprint density at radius 1 is 0.867 bits per heavy atom. The van der Waals surface area contributed by atoms with E-state index in [9.17, 15) is 0 Å². The molecule has 76 valence electrons. The molecule has 4 N–H and O–H groups in total. The Morgan fingerprint density at radius 2 is 1.60 bits per heavy atom. The molecule has 0 aliphatic carbocycles. The van der Waals surface area contributed by atoms with Gasteiger partial charge in [0.2, 0.25) is 0 Å². The molecular weight excluding hydrogens is 299 g/mol. The molecule has 0 radical (unpaired) electrons. The molecule has 2 rings (SSSR count). The van der Waals surface area contributed by atoms with E-state index in [1.54, 1.807) is 0 Å². The van der Waals surface area contributed by atoms with Gasteiger partial charge >= 0.3 is 0 Å². The zero-order valence-corrected chi connectivity index (χ0v) is 10.2. The standard InChI is InChI=1S/C12H11IN2/c13-10-4-2-1-3-9(10)8-5-6-11(14)12(15)7-8/h1-7H,14-15H2. The van der Waals surface area contributed by atoms with Crippen LogP contribution in [-0.2, 0) is 0 Å². The summed E-state index contributed by atoms with van der Waals surface area (Å²) < 4.78 is 1.21. The van der Waals surface area contributed by atoms with Gasteiger partial charge in [0.25, 0.3) is 0 Å². The van der Waals surface area contributed by atoms with Gasteiger partial charge in [-0.3, -0.25) is 0 Å². The van der Waals surface area contributed by atoms with Gasteiger partial charge in [0.05, 0.1) is 11.4 Å². The molecule has 0 aromatic heterocycles. The van der Waals surface area contributed by atoms with Crippen molar-refractivity contribution in [3.63, 3.8) is 0 Å². The van der Waals surface area contributed by atoms with E-state index in [0.29, 0.717) is 11.4 Å². The van der Waals surface area contributed by atoms with Gasteiger partial charge in [-0.15, -0.1) is 0 Å². The van der Waals surface area contributed by atoms with E-state index in [4.69, 9.17) is 11.5 Å². The van der Waals surface area contributed by atoms with Gasteiger partial charge in [0, 0.05) is 3.57 Å². The van der Waals surface area contributed by atoms with Crippen LogP contribution in [0, 0.1) is 3.57 Å². The maximum Gasteiger partial charge on any atom is 0.0554 e. The van der Waals surface area contributed by atoms with Crippen LogP contribution in [0.15, 0.2) is 42.5 Å². The first-order valence-electron chi connectivity index (χ1n) is 4.58. The van der Waals surface area contributed by atoms with Gasteiger partial charge in [-0.25, -0.2) is 0 Å². The van der Waals surface area contributed by atoms with Crippen molar-refractivity contribution in [3.8, 4) is 11.1 Å². The fraction of sp³-hybridized carbons (Fsp3) is 0. The summed E-state index contributed by atoms with van der Waals surface area (Å²) in [4.78, 5) is 0. The summed E-state index contributed by atoms with van der Waals surface area (Å²) in [6, 6.07) is 13.9. The van der Waals surface area contributed by atoms with Crippen molar-refractivity contribution < 1.29 is 0 Å². The van der Waals surface area contributed by atoms with Crippen molar-refractivity contribution in [2.45, 2.75) is 0 Å². The molecule has 0 saturated carbocycles. The molecule has 0 aliphatic heterocycles. The zero-order valence-electron chi connectivity index (χ0n) is 8.07. The monoisotopic (exact) mass is 310 g/mol. The summed E-state index contributed by atoms with van der Waals surface area (Å²) in [6.45, 7) is 0. The first-order valence-corrected chi connectivity index (χ1v) is 5.66. The summed E-state index contributed by atoms with van der Waals surface area (Å²) in [5, 5.41) is 0. The normalized spacial score (nSPS) is 10.2. The van der Waals surface area contributed by atoms with Gasteiger partial charge in [-0.2, -0.15) is 0 Å². The summed E-state index contributed by atoms with van der Waals surface area (Å²) in [6.07, 6.45) is 0. The fourth-order valence-corrected chi connectivity index (χ4v) is 2.14. The Kier molecular flexibility index (Phi) is 2.81. The van der Waals surface area contributed by atoms with Crippen molar-refractivity contribution in [3.05, 3.63) is 46.0 Å². The third-order valence-corrected chi connectivity index (χ3v) is 3.21. The fourth-order valence-electron chi connectivity index (χ4n) is 1.44. The lowest BCUT2D eigenvalue weighted by molar-refractivity contribution is 1.57. The molecule has 0 bridgehead atoms. The summed E-state index contributed by atoms with van der Waals surface area (Å²) in [7, 11) is 0. The molecule has 0 heterocycles. The highest BCUT2D eigenvalue weighted by Gasteiger charge is 2.03. The molecule has 0 fully saturated rings. The van der Waals surface area contributed by atoms with Crippen LogP contribution in [0.25, 0.3) is 11.1 Å². The minimum atomic E-state index is 0.629. The van der Waals surface area contributed by atoms with Crippen molar-refractivity contribution in [1.82, 2.24) is 0 Å². The molecule has 0 atom stereocenters. The van der Waals surface area contributed by atoms with Crippen molar-refractivity contribution in [2.24, 2.45) is 0 Å². The van der Waals surface area contributed by atoms with Gasteiger partial charge in [-0.05, 0) is 51.9 Å². The molecule has 0 saturated heterocycles. The molecule has 2 aromatic rings. The Hall–Kier alpha value is -1.23. The van der Waals surface area contributed by atoms with Crippen LogP contribution in [0.5, 0.6) is 0 Å². The Balaban J connectivity index is 2.55. The highest BCUT2D eigenvalue weighted by molar-refractivity contribution is 14.1. The zero-order chi connectivity index (χ0) is 10.8. The number of halogens is 1. The van der Waals surface area contributed by atoms with Crippen molar-refractivity contribution in [2.75, 3.05) is 11.5 Å². The van der Waals surface area contributed by atoms with E-state index >= 15 is 0 Å². The molecular formula is C12H11IN2. The Bertz CT molecular complexity index is 495. The molecule has 0 unspecified atom stereocenters. The third-order valence-electron chi connectivity index (χ3n) is 2.27. The Morgan fingerprint density at radius 3 is 2.27 bits per heavy atom. The van der Waals surface area contributed by atoms with E-state index in [-0.39, 0.29) is 0 Å². The SMILES string of the molecule is Nc1ccc(-c2ccccc2I)cc1N. The second-order valence-corrected chi connectivity index (χ2v) is 4.49. The van der Waals surface area contributed by atoms with E-state index in [0.717, 1.165) is 5.56 Å². The maximum absolute atomic E-state index is 5.78. The first-order chi connectivity index (χ1) is 7.18. The summed E-state index contributed by atoms with van der Waals surface area (Å²) >= 11 is 2.31. The number of hydrogen-bond acceptors (Lipinski definition) is 2. The molecule has 0 spiro atoms. The van der Waals surface area contributed by atoms with E-state index < -0.39 is 0 Å². The average Bonchev–Trinajstić information content (AvgIpc) is 2.23. The molecule has 3 heteroatoms. The predicted octanol–water partition coefficient (Wildman–Crippen LogP) is 3.12. The maximum atomic E-state index is 5.78. The van der Waals surface area contributed by atoms with Crippen molar-refractivity contribution in [1.29, 1.82) is 0 Å². The van der Waals surface area contributed by atoms with E-state index in [2.05, 4.69) is 34.7 Å². The van der Waals surface area contributed by atoms with Gasteiger partial charge in [-0.1, -0.05) is 24.3 Å². The van der Waals surface area contributed by atoms with Crippen LogP contribution in [-0.4, -0.2) is 0 Å². The second kappa shape index (κ2) is 4.10. The smallest absolute Gasteiger partial charge is 0.0554 e. The van der Waals surface area contributed by atoms with Crippen LogP contribution in [0.3, 0.4) is 0 Å². The molecule has 0 amide bonds. The predicted molar refractivity (Wildman–Crippen MR) is 73.4 cm³/mol. The van der Waals surface area contributed by atoms with Gasteiger partial charge in [0.1, 0.15) is 0 Å². The van der Waals surface area contributed by atoms with Crippen LogP contribution < -0.4 is 11.5 Å². The lowest BCUT2D eigenvalue weighted by Crippen LogP contribution is -1.94. The lowest BCUT2D eigenvalue weighted by atomic mass is 10.0. The molecule has 2 nitrogen and oxygen atoms in total. The number of hydrogen-bond donors (Lipinski definition) is 2. The second-order valence-electron chi connectivity index (χ2n) is 3.32. The van der Waals surface area contributed by atoms with Crippen LogP contribution in [0.1, 0.15) is 0 Å². The van der Waals surface area contributed by atoms with E-state index in [1.165, 1.54) is 9.13 Å². The minimum Gasteiger partial charge on any atom is -0.397 e.